The van der Waals surface area contributed by atoms with Gasteiger partial charge in [-0.25, -0.2) is 0 Å². The Kier molecular flexibility index (Phi) is 3.96. The van der Waals surface area contributed by atoms with Crippen molar-refractivity contribution in [1.29, 1.82) is 0 Å². The van der Waals surface area contributed by atoms with Gasteiger partial charge < -0.3 is 9.08 Å². The van der Waals surface area contributed by atoms with Crippen LogP contribution in [0.1, 0.15) is 0 Å². The van der Waals surface area contributed by atoms with E-state index < -0.39 is 10.3 Å². The van der Waals surface area contributed by atoms with Crippen molar-refractivity contribution >= 4 is 16.0 Å². The van der Waals surface area contributed by atoms with Crippen LogP contribution < -0.4 is 14.2 Å². The maximum atomic E-state index is 10.8. The molecular formula is C14H16N2O3S. The van der Waals surface area contributed by atoms with Crippen LogP contribution in [0.5, 0.6) is 5.75 Å². The second-order valence-electron chi connectivity index (χ2n) is 4.54. The lowest BCUT2D eigenvalue weighted by atomic mass is 10.1. The molecule has 0 unspecified atom stereocenters. The summed E-state index contributed by atoms with van der Waals surface area (Å²) < 4.78 is 26.2. The highest BCUT2D eigenvalue weighted by Gasteiger charge is 2.05. The number of nitrogens with zero attached hydrogens (tertiary/aromatic N) is 1. The normalized spacial score (nSPS) is 11.2. The van der Waals surface area contributed by atoms with Crippen LogP contribution in [-0.2, 0) is 10.3 Å². The zero-order valence-electron chi connectivity index (χ0n) is 11.3. The minimum atomic E-state index is -3.98. The lowest BCUT2D eigenvalue weighted by molar-refractivity contribution is 0.488. The first-order valence-electron chi connectivity index (χ1n) is 5.95. The Bertz CT molecular complexity index is 677. The minimum absolute atomic E-state index is 0.196. The van der Waals surface area contributed by atoms with Crippen molar-refractivity contribution < 1.29 is 12.6 Å². The van der Waals surface area contributed by atoms with E-state index in [9.17, 15) is 8.42 Å². The molecule has 0 heterocycles. The highest BCUT2D eigenvalue weighted by Crippen LogP contribution is 2.24. The number of benzene rings is 2. The topological polar surface area (TPSA) is 72.6 Å². The van der Waals surface area contributed by atoms with Gasteiger partial charge in [0.2, 0.25) is 0 Å². The van der Waals surface area contributed by atoms with Crippen molar-refractivity contribution in [2.24, 2.45) is 5.14 Å². The van der Waals surface area contributed by atoms with Crippen molar-refractivity contribution in [2.45, 2.75) is 0 Å². The van der Waals surface area contributed by atoms with E-state index in [0.29, 0.717) is 0 Å². The van der Waals surface area contributed by atoms with Gasteiger partial charge in [0.15, 0.2) is 0 Å². The van der Waals surface area contributed by atoms with Crippen molar-refractivity contribution in [3.8, 4) is 16.9 Å². The van der Waals surface area contributed by atoms with Crippen molar-refractivity contribution in [1.82, 2.24) is 0 Å². The van der Waals surface area contributed by atoms with Crippen molar-refractivity contribution in [3.05, 3.63) is 48.5 Å². The van der Waals surface area contributed by atoms with Gasteiger partial charge >= 0.3 is 10.3 Å². The molecule has 2 rings (SSSR count). The molecule has 0 radical (unpaired) electrons. The third-order valence-corrected chi connectivity index (χ3v) is 3.21. The summed E-state index contributed by atoms with van der Waals surface area (Å²) in [6.45, 7) is 0. The summed E-state index contributed by atoms with van der Waals surface area (Å²) in [6.07, 6.45) is 0. The minimum Gasteiger partial charge on any atom is -0.378 e. The summed E-state index contributed by atoms with van der Waals surface area (Å²) >= 11 is 0. The molecule has 0 aliphatic rings. The van der Waals surface area contributed by atoms with Gasteiger partial charge in [0.05, 0.1) is 0 Å². The van der Waals surface area contributed by atoms with Gasteiger partial charge in [0.1, 0.15) is 5.75 Å². The molecule has 0 aliphatic heterocycles. The molecule has 5 nitrogen and oxygen atoms in total. The molecule has 0 amide bonds. The van der Waals surface area contributed by atoms with Gasteiger partial charge in [-0.3, -0.25) is 0 Å². The average molecular weight is 292 g/mol. The number of nitrogens with two attached hydrogens (primary N) is 1. The molecule has 0 bridgehead atoms. The zero-order valence-corrected chi connectivity index (χ0v) is 12.1. The molecule has 0 aromatic heterocycles. The van der Waals surface area contributed by atoms with Gasteiger partial charge in [-0.2, -0.15) is 13.6 Å². The summed E-state index contributed by atoms with van der Waals surface area (Å²) in [5.74, 6) is 0.196. The Morgan fingerprint density at radius 2 is 1.35 bits per heavy atom. The van der Waals surface area contributed by atoms with E-state index in [-0.39, 0.29) is 5.75 Å². The fourth-order valence-corrected chi connectivity index (χ4v) is 2.17. The van der Waals surface area contributed by atoms with Crippen LogP contribution in [-0.4, -0.2) is 22.5 Å². The predicted octanol–water partition coefficient (Wildman–Crippen LogP) is 2.00. The molecule has 2 N–H and O–H groups in total. The zero-order chi connectivity index (χ0) is 14.8. The number of hydrogen-bond donors (Lipinski definition) is 1. The fourth-order valence-electron chi connectivity index (χ4n) is 1.79. The van der Waals surface area contributed by atoms with Crippen LogP contribution in [0.4, 0.5) is 5.69 Å². The molecule has 0 spiro atoms. The molecule has 20 heavy (non-hydrogen) atoms. The maximum Gasteiger partial charge on any atom is 0.380 e. The number of rotatable bonds is 4. The number of hydrogen-bond acceptors (Lipinski definition) is 4. The molecule has 0 atom stereocenters. The van der Waals surface area contributed by atoms with E-state index in [1.165, 1.54) is 0 Å². The van der Waals surface area contributed by atoms with Gasteiger partial charge in [-0.15, -0.1) is 0 Å². The van der Waals surface area contributed by atoms with Crippen LogP contribution in [0.25, 0.3) is 11.1 Å². The first-order chi connectivity index (χ1) is 9.35. The Morgan fingerprint density at radius 1 is 0.900 bits per heavy atom. The SMILES string of the molecule is CN(C)c1ccc(-c2ccc(OS(N)(=O)=O)cc2)cc1. The third-order valence-electron chi connectivity index (χ3n) is 2.78. The molecule has 0 saturated heterocycles. The molecule has 2 aromatic carbocycles. The molecule has 106 valence electrons. The summed E-state index contributed by atoms with van der Waals surface area (Å²) in [6, 6.07) is 14.7. The Labute approximate surface area is 118 Å². The Balaban J connectivity index is 2.21. The third kappa shape index (κ3) is 3.72. The quantitative estimate of drug-likeness (QED) is 0.935. The van der Waals surface area contributed by atoms with Crippen LogP contribution in [0, 0.1) is 0 Å². The van der Waals surface area contributed by atoms with E-state index >= 15 is 0 Å². The molecule has 6 heteroatoms. The van der Waals surface area contributed by atoms with Crippen molar-refractivity contribution in [2.75, 3.05) is 19.0 Å². The molecule has 2 aromatic rings. The van der Waals surface area contributed by atoms with E-state index in [4.69, 9.17) is 5.14 Å². The highest BCUT2D eigenvalue weighted by molar-refractivity contribution is 7.84. The summed E-state index contributed by atoms with van der Waals surface area (Å²) in [5, 5.41) is 4.81. The second-order valence-corrected chi connectivity index (χ2v) is 5.69. The van der Waals surface area contributed by atoms with Gasteiger partial charge in [-0.1, -0.05) is 24.3 Å². The Morgan fingerprint density at radius 3 is 1.75 bits per heavy atom. The largest absolute Gasteiger partial charge is 0.380 e. The fraction of sp³-hybridized carbons (Fsp3) is 0.143. The summed E-state index contributed by atoms with van der Waals surface area (Å²) in [4.78, 5) is 2.02. The van der Waals surface area contributed by atoms with E-state index in [0.717, 1.165) is 16.8 Å². The predicted molar refractivity (Wildman–Crippen MR) is 79.9 cm³/mol. The van der Waals surface area contributed by atoms with E-state index in [2.05, 4.69) is 4.18 Å². The first kappa shape index (κ1) is 14.4. The van der Waals surface area contributed by atoms with Gasteiger partial charge in [-0.05, 0) is 35.4 Å². The first-order valence-corrected chi connectivity index (χ1v) is 7.42. The van der Waals surface area contributed by atoms with Crippen LogP contribution >= 0.6 is 0 Å². The smallest absolute Gasteiger partial charge is 0.378 e. The van der Waals surface area contributed by atoms with Gasteiger partial charge in [0, 0.05) is 19.8 Å². The van der Waals surface area contributed by atoms with Crippen LogP contribution in [0.2, 0.25) is 0 Å². The summed E-state index contributed by atoms with van der Waals surface area (Å²) in [7, 11) is -0.0142. The second kappa shape index (κ2) is 5.52. The Hall–Kier alpha value is -2.05. The van der Waals surface area contributed by atoms with E-state index in [1.54, 1.807) is 24.3 Å². The standard InChI is InChI=1S/C14H16N2O3S/c1-16(2)13-7-3-11(4-8-13)12-5-9-14(10-6-12)19-20(15,17)18/h3-10H,1-2H3,(H2,15,17,18). The van der Waals surface area contributed by atoms with Gasteiger partial charge in [0.25, 0.3) is 0 Å². The molecular weight excluding hydrogens is 276 g/mol. The maximum absolute atomic E-state index is 10.8. The molecule has 0 aliphatic carbocycles. The number of anilines is 1. The summed E-state index contributed by atoms with van der Waals surface area (Å²) in [5.41, 5.74) is 3.12. The van der Waals surface area contributed by atoms with Crippen molar-refractivity contribution in [3.63, 3.8) is 0 Å². The average Bonchev–Trinajstić information content (AvgIpc) is 2.38. The highest BCUT2D eigenvalue weighted by atomic mass is 32.2. The lowest BCUT2D eigenvalue weighted by Crippen LogP contribution is -2.18. The lowest BCUT2D eigenvalue weighted by Gasteiger charge is -2.12. The molecule has 0 fully saturated rings. The van der Waals surface area contributed by atoms with Crippen LogP contribution in [0.15, 0.2) is 48.5 Å². The monoisotopic (exact) mass is 292 g/mol. The van der Waals surface area contributed by atoms with Crippen LogP contribution in [0.3, 0.4) is 0 Å². The van der Waals surface area contributed by atoms with E-state index in [1.807, 2.05) is 43.3 Å². The molecule has 0 saturated carbocycles.